The van der Waals surface area contributed by atoms with Crippen LogP contribution < -0.4 is 16.2 Å². The number of hydrogen-bond acceptors (Lipinski definition) is 6. The van der Waals surface area contributed by atoms with Crippen molar-refractivity contribution >= 4 is 34.1 Å². The topological polar surface area (TPSA) is 121 Å². The number of hydrogen-bond donors (Lipinski definition) is 3. The van der Waals surface area contributed by atoms with E-state index in [4.69, 9.17) is 4.74 Å². The van der Waals surface area contributed by atoms with Gasteiger partial charge in [-0.15, -0.1) is 0 Å². The van der Waals surface area contributed by atoms with Crippen molar-refractivity contribution in [2.75, 3.05) is 30.8 Å². The van der Waals surface area contributed by atoms with Gasteiger partial charge in [0, 0.05) is 54.9 Å². The summed E-state index contributed by atoms with van der Waals surface area (Å²) in [5.74, 6) is -0.107. The molecule has 5 aromatic rings. The third-order valence-electron chi connectivity index (χ3n) is 7.31. The van der Waals surface area contributed by atoms with E-state index < -0.39 is 6.09 Å². The molecule has 3 N–H and O–H groups in total. The molecule has 3 aromatic carbocycles. The zero-order valence-electron chi connectivity index (χ0n) is 24.3. The van der Waals surface area contributed by atoms with Crippen LogP contribution in [0.2, 0.25) is 0 Å². The molecule has 0 fully saturated rings. The van der Waals surface area contributed by atoms with E-state index in [9.17, 15) is 14.4 Å². The Labute approximate surface area is 249 Å². The zero-order valence-corrected chi connectivity index (χ0v) is 24.3. The minimum Gasteiger partial charge on any atom is -0.449 e. The average Bonchev–Trinajstić information content (AvgIpc) is 3.54. The third kappa shape index (κ3) is 7.10. The van der Waals surface area contributed by atoms with E-state index >= 15 is 0 Å². The maximum atomic E-state index is 13.1. The number of carbonyl (C=O) groups excluding carboxylic acids is 2. The number of nitrogens with zero attached hydrogens (tertiary/aromatic N) is 3. The van der Waals surface area contributed by atoms with E-state index in [1.807, 2.05) is 80.7 Å². The van der Waals surface area contributed by atoms with Gasteiger partial charge in [-0.3, -0.25) is 14.9 Å². The van der Waals surface area contributed by atoms with Crippen LogP contribution in [0.25, 0.3) is 16.5 Å². The Morgan fingerprint density at radius 2 is 1.86 bits per heavy atom. The molecule has 0 bridgehead atoms. The first-order chi connectivity index (χ1) is 20.8. The summed E-state index contributed by atoms with van der Waals surface area (Å²) in [6, 6.07) is 22.5. The Kier molecular flexibility index (Phi) is 8.85. The summed E-state index contributed by atoms with van der Waals surface area (Å²) >= 11 is 0. The monoisotopic (exact) mass is 578 g/mol. The Bertz CT molecular complexity index is 1800. The van der Waals surface area contributed by atoms with Crippen molar-refractivity contribution in [1.29, 1.82) is 0 Å². The highest BCUT2D eigenvalue weighted by atomic mass is 16.5. The van der Waals surface area contributed by atoms with Gasteiger partial charge in [-0.05, 0) is 71.5 Å². The summed E-state index contributed by atoms with van der Waals surface area (Å²) in [7, 11) is 1.71. The number of amides is 2. The van der Waals surface area contributed by atoms with Crippen LogP contribution in [-0.4, -0.2) is 51.9 Å². The van der Waals surface area contributed by atoms with Gasteiger partial charge in [0.25, 0.3) is 5.56 Å². The molecule has 2 heterocycles. The number of fused-ring (bicyclic) bond motifs is 1. The molecule has 1 unspecified atom stereocenters. The molecule has 0 saturated heterocycles. The van der Waals surface area contributed by atoms with Crippen LogP contribution in [0.1, 0.15) is 29.5 Å². The molecule has 2 amide bonds. The standard InChI is InChI=1S/C33H34N6O4/c1-22-7-4-5-8-28(22)23(2)21-43-33(42)37-27-11-12-30(39-16-6-14-36-39)25(17-27)20-38(3)31(40)19-35-26-10-9-24-13-15-34-32(41)29(24)18-26/h4-18,23,35H,19-21H2,1-3H3,(H,34,41)(H,37,42). The van der Waals surface area contributed by atoms with E-state index in [0.29, 0.717) is 16.8 Å². The largest absolute Gasteiger partial charge is 0.449 e. The molecule has 0 aliphatic heterocycles. The van der Waals surface area contributed by atoms with Crippen molar-refractivity contribution in [1.82, 2.24) is 19.7 Å². The highest BCUT2D eigenvalue weighted by molar-refractivity contribution is 5.87. The normalized spacial score (nSPS) is 11.6. The minimum absolute atomic E-state index is 0.0349. The van der Waals surface area contributed by atoms with Gasteiger partial charge in [0.05, 0.1) is 18.8 Å². The van der Waals surface area contributed by atoms with Gasteiger partial charge >= 0.3 is 6.09 Å². The predicted molar refractivity (Wildman–Crippen MR) is 168 cm³/mol. The second kappa shape index (κ2) is 13.1. The van der Waals surface area contributed by atoms with E-state index in [0.717, 1.165) is 27.8 Å². The van der Waals surface area contributed by atoms with Crippen LogP contribution in [0.15, 0.2) is 96.2 Å². The summed E-state index contributed by atoms with van der Waals surface area (Å²) < 4.78 is 7.24. The molecule has 43 heavy (non-hydrogen) atoms. The average molecular weight is 579 g/mol. The first-order valence-corrected chi connectivity index (χ1v) is 14.0. The Balaban J connectivity index is 1.24. The lowest BCUT2D eigenvalue weighted by molar-refractivity contribution is -0.128. The Hall–Kier alpha value is -5.38. The Morgan fingerprint density at radius 3 is 2.65 bits per heavy atom. The van der Waals surface area contributed by atoms with E-state index in [2.05, 4.69) is 20.7 Å². The van der Waals surface area contributed by atoms with Gasteiger partial charge in [0.15, 0.2) is 0 Å². The van der Waals surface area contributed by atoms with Crippen LogP contribution in [-0.2, 0) is 16.1 Å². The first kappa shape index (κ1) is 29.1. The molecule has 0 saturated carbocycles. The molecule has 220 valence electrons. The number of anilines is 2. The quantitative estimate of drug-likeness (QED) is 0.203. The fourth-order valence-corrected chi connectivity index (χ4v) is 4.96. The van der Waals surface area contributed by atoms with Gasteiger partial charge in [0.2, 0.25) is 5.91 Å². The number of aromatic amines is 1. The van der Waals surface area contributed by atoms with Crippen molar-refractivity contribution in [3.63, 3.8) is 0 Å². The van der Waals surface area contributed by atoms with Crippen molar-refractivity contribution in [3.05, 3.63) is 118 Å². The number of aromatic nitrogens is 3. The van der Waals surface area contributed by atoms with Crippen molar-refractivity contribution in [2.24, 2.45) is 0 Å². The molecule has 10 heteroatoms. The lowest BCUT2D eigenvalue weighted by Gasteiger charge is -2.21. The van der Waals surface area contributed by atoms with Gasteiger partial charge in [-0.25, -0.2) is 9.48 Å². The lowest BCUT2D eigenvalue weighted by Crippen LogP contribution is -2.32. The number of likely N-dealkylation sites (N-methyl/N-ethyl adjacent to an activating group) is 1. The highest BCUT2D eigenvalue weighted by Crippen LogP contribution is 2.23. The van der Waals surface area contributed by atoms with Gasteiger partial charge in [-0.1, -0.05) is 37.3 Å². The summed E-state index contributed by atoms with van der Waals surface area (Å²) in [6.07, 6.45) is 4.55. The number of ether oxygens (including phenoxy) is 1. The van der Waals surface area contributed by atoms with Crippen molar-refractivity contribution in [3.8, 4) is 5.69 Å². The molecule has 0 aliphatic carbocycles. The smallest absolute Gasteiger partial charge is 0.411 e. The van der Waals surface area contributed by atoms with E-state index in [-0.39, 0.29) is 37.1 Å². The van der Waals surface area contributed by atoms with Crippen LogP contribution >= 0.6 is 0 Å². The first-order valence-electron chi connectivity index (χ1n) is 14.0. The fraction of sp³-hybridized carbons (Fsp3) is 0.212. The molecule has 1 atom stereocenters. The Morgan fingerprint density at radius 1 is 1.05 bits per heavy atom. The minimum atomic E-state index is -0.555. The summed E-state index contributed by atoms with van der Waals surface area (Å²) in [4.78, 5) is 42.2. The third-order valence-corrected chi connectivity index (χ3v) is 7.31. The molecule has 5 rings (SSSR count). The molecule has 2 aromatic heterocycles. The van der Waals surface area contributed by atoms with Crippen molar-refractivity contribution in [2.45, 2.75) is 26.3 Å². The maximum absolute atomic E-state index is 13.1. The summed E-state index contributed by atoms with van der Waals surface area (Å²) in [5.41, 5.74) is 4.87. The van der Waals surface area contributed by atoms with Gasteiger partial charge in [0.1, 0.15) is 0 Å². The predicted octanol–water partition coefficient (Wildman–Crippen LogP) is 5.44. The van der Waals surface area contributed by atoms with Crippen LogP contribution in [0, 0.1) is 6.92 Å². The number of carbonyl (C=O) groups is 2. The molecular formula is C33H34N6O4. The number of benzene rings is 3. The molecular weight excluding hydrogens is 544 g/mol. The second-order valence-corrected chi connectivity index (χ2v) is 10.5. The van der Waals surface area contributed by atoms with Gasteiger partial charge in [-0.2, -0.15) is 5.10 Å². The van der Waals surface area contributed by atoms with Crippen molar-refractivity contribution < 1.29 is 14.3 Å². The maximum Gasteiger partial charge on any atom is 0.411 e. The fourth-order valence-electron chi connectivity index (χ4n) is 4.96. The highest BCUT2D eigenvalue weighted by Gasteiger charge is 2.16. The number of aryl methyl sites for hydroxylation is 1. The lowest BCUT2D eigenvalue weighted by atomic mass is 9.97. The van der Waals surface area contributed by atoms with E-state index in [1.54, 1.807) is 41.2 Å². The number of rotatable bonds is 10. The summed E-state index contributed by atoms with van der Waals surface area (Å²) in [6.45, 7) is 4.60. The van der Waals surface area contributed by atoms with Crippen LogP contribution in [0.5, 0.6) is 0 Å². The van der Waals surface area contributed by atoms with Crippen LogP contribution in [0.3, 0.4) is 0 Å². The molecule has 0 radical (unpaired) electrons. The van der Waals surface area contributed by atoms with Gasteiger partial charge < -0.3 is 19.9 Å². The molecule has 0 spiro atoms. The molecule has 10 nitrogen and oxygen atoms in total. The molecule has 0 aliphatic rings. The SMILES string of the molecule is Cc1ccccc1C(C)COC(=O)Nc1ccc(-n2cccn2)c(CN(C)C(=O)CNc2ccc3cc[nH]c(=O)c3c2)c1. The number of H-pyrrole nitrogens is 1. The second-order valence-electron chi connectivity index (χ2n) is 10.5. The number of pyridine rings is 1. The summed E-state index contributed by atoms with van der Waals surface area (Å²) in [5, 5.41) is 11.6. The number of nitrogens with one attached hydrogen (secondary N) is 3. The van der Waals surface area contributed by atoms with Crippen LogP contribution in [0.4, 0.5) is 16.2 Å². The van der Waals surface area contributed by atoms with E-state index in [1.165, 1.54) is 0 Å². The zero-order chi connectivity index (χ0) is 30.3.